The van der Waals surface area contributed by atoms with Crippen LogP contribution in [0.4, 0.5) is 0 Å². The summed E-state index contributed by atoms with van der Waals surface area (Å²) in [5.41, 5.74) is 1.37. The number of piperidine rings is 1. The second-order valence-corrected chi connectivity index (χ2v) is 5.74. The molecule has 0 atom stereocenters. The van der Waals surface area contributed by atoms with E-state index in [0.29, 0.717) is 6.61 Å². The minimum Gasteiger partial charge on any atom is -1.00 e. The van der Waals surface area contributed by atoms with Crippen LogP contribution in [0, 0.1) is 5.92 Å². The zero-order valence-electron chi connectivity index (χ0n) is 12.3. The lowest BCUT2D eigenvalue weighted by molar-refractivity contribution is -0.927. The van der Waals surface area contributed by atoms with Crippen LogP contribution in [0.2, 0.25) is 0 Å². The summed E-state index contributed by atoms with van der Waals surface area (Å²) in [6, 6.07) is 10.6. The van der Waals surface area contributed by atoms with Crippen molar-refractivity contribution in [2.45, 2.75) is 26.3 Å². The number of quaternary nitrogens is 1. The number of esters is 1. The van der Waals surface area contributed by atoms with Gasteiger partial charge in [-0.3, -0.25) is 4.79 Å². The fraction of sp³-hybridized carbons (Fsp3) is 0.562. The van der Waals surface area contributed by atoms with E-state index in [-0.39, 0.29) is 24.3 Å². The summed E-state index contributed by atoms with van der Waals surface area (Å²) in [5.74, 6) is 0.107. The molecule has 1 saturated heterocycles. The maximum absolute atomic E-state index is 11.7. The molecule has 0 aliphatic carbocycles. The molecule has 1 aliphatic heterocycles. The Morgan fingerprint density at radius 2 is 1.85 bits per heavy atom. The first-order chi connectivity index (χ1) is 9.13. The monoisotopic (exact) mass is 297 g/mol. The second-order valence-electron chi connectivity index (χ2n) is 5.74. The number of rotatable bonds is 4. The van der Waals surface area contributed by atoms with Crippen molar-refractivity contribution in [2.24, 2.45) is 5.92 Å². The summed E-state index contributed by atoms with van der Waals surface area (Å²) in [5, 5.41) is 0. The highest BCUT2D eigenvalue weighted by atomic mass is 35.5. The van der Waals surface area contributed by atoms with Crippen LogP contribution in [0.25, 0.3) is 0 Å². The largest absolute Gasteiger partial charge is 1.00 e. The van der Waals surface area contributed by atoms with Crippen molar-refractivity contribution in [2.75, 3.05) is 26.7 Å². The maximum Gasteiger partial charge on any atom is 0.309 e. The molecule has 0 radical (unpaired) electrons. The summed E-state index contributed by atoms with van der Waals surface area (Å²) < 4.78 is 6.15. The van der Waals surface area contributed by atoms with E-state index in [1.54, 1.807) is 0 Å². The number of hydrogen-bond donors (Lipinski definition) is 0. The van der Waals surface area contributed by atoms with E-state index in [9.17, 15) is 4.79 Å². The molecule has 0 unspecified atom stereocenters. The molecule has 20 heavy (non-hydrogen) atoms. The molecule has 1 aromatic rings. The lowest BCUT2D eigenvalue weighted by Gasteiger charge is -2.40. The van der Waals surface area contributed by atoms with Gasteiger partial charge in [0.15, 0.2) is 0 Å². The molecule has 0 N–H and O–H groups in total. The van der Waals surface area contributed by atoms with Crippen molar-refractivity contribution in [1.82, 2.24) is 0 Å². The predicted molar refractivity (Wildman–Crippen MR) is 75.4 cm³/mol. The number of hydrogen-bond acceptors (Lipinski definition) is 2. The number of benzene rings is 1. The molecule has 112 valence electrons. The Morgan fingerprint density at radius 1 is 1.25 bits per heavy atom. The quantitative estimate of drug-likeness (QED) is 0.559. The van der Waals surface area contributed by atoms with E-state index < -0.39 is 0 Å². The number of ether oxygens (including phenoxy) is 1. The number of nitrogens with zero attached hydrogens (tertiary/aromatic N) is 1. The first kappa shape index (κ1) is 17.0. The summed E-state index contributed by atoms with van der Waals surface area (Å²) >= 11 is 0. The first-order valence-corrected chi connectivity index (χ1v) is 7.17. The average molecular weight is 298 g/mol. The van der Waals surface area contributed by atoms with Crippen molar-refractivity contribution in [3.05, 3.63) is 35.9 Å². The summed E-state index contributed by atoms with van der Waals surface area (Å²) in [6.45, 7) is 5.52. The predicted octanol–water partition coefficient (Wildman–Crippen LogP) is -0.390. The van der Waals surface area contributed by atoms with Gasteiger partial charge in [0.25, 0.3) is 0 Å². The highest BCUT2D eigenvalue weighted by Crippen LogP contribution is 2.25. The van der Waals surface area contributed by atoms with Crippen LogP contribution in [-0.2, 0) is 16.1 Å². The fourth-order valence-electron chi connectivity index (χ4n) is 2.87. The molecule has 0 bridgehead atoms. The van der Waals surface area contributed by atoms with Crippen molar-refractivity contribution < 1.29 is 26.4 Å². The van der Waals surface area contributed by atoms with Gasteiger partial charge in [0.05, 0.1) is 32.7 Å². The Bertz CT molecular complexity index is 414. The van der Waals surface area contributed by atoms with Crippen molar-refractivity contribution >= 4 is 5.97 Å². The van der Waals surface area contributed by atoms with Gasteiger partial charge in [0.2, 0.25) is 0 Å². The maximum atomic E-state index is 11.7. The third kappa shape index (κ3) is 4.50. The van der Waals surface area contributed by atoms with E-state index in [1.807, 2.05) is 6.92 Å². The number of halogens is 1. The van der Waals surface area contributed by atoms with Crippen molar-refractivity contribution in [1.29, 1.82) is 0 Å². The third-order valence-corrected chi connectivity index (χ3v) is 4.06. The van der Waals surface area contributed by atoms with E-state index in [0.717, 1.165) is 37.0 Å². The summed E-state index contributed by atoms with van der Waals surface area (Å²) in [6.07, 6.45) is 1.89. The fourth-order valence-corrected chi connectivity index (χ4v) is 2.87. The van der Waals surface area contributed by atoms with Crippen LogP contribution in [0.15, 0.2) is 30.3 Å². The van der Waals surface area contributed by atoms with Gasteiger partial charge in [-0.2, -0.15) is 0 Å². The molecular formula is C16H24ClNO2. The molecule has 2 rings (SSSR count). The third-order valence-electron chi connectivity index (χ3n) is 4.06. The molecule has 0 aromatic heterocycles. The molecule has 0 spiro atoms. The summed E-state index contributed by atoms with van der Waals surface area (Å²) in [4.78, 5) is 11.7. The van der Waals surface area contributed by atoms with Crippen LogP contribution < -0.4 is 12.4 Å². The van der Waals surface area contributed by atoms with Crippen LogP contribution in [0.3, 0.4) is 0 Å². The number of carbonyl (C=O) groups is 1. The standard InChI is InChI=1S/C16H24NO2.ClH/c1-3-19-16(18)15-9-11-17(2,12-10-15)13-14-7-5-4-6-8-14;/h4-8,15H,3,9-13H2,1-2H3;1H/q+1;/p-1. The summed E-state index contributed by atoms with van der Waals surface area (Å²) in [7, 11) is 2.29. The number of carbonyl (C=O) groups excluding carboxylic acids is 1. The molecule has 1 aromatic carbocycles. The highest BCUT2D eigenvalue weighted by Gasteiger charge is 2.34. The molecular weight excluding hydrogens is 274 g/mol. The molecule has 3 nitrogen and oxygen atoms in total. The average Bonchev–Trinajstić information content (AvgIpc) is 2.40. The van der Waals surface area contributed by atoms with Gasteiger partial charge < -0.3 is 21.6 Å². The van der Waals surface area contributed by atoms with Crippen LogP contribution >= 0.6 is 0 Å². The smallest absolute Gasteiger partial charge is 0.309 e. The van der Waals surface area contributed by atoms with Gasteiger partial charge >= 0.3 is 5.97 Å². The topological polar surface area (TPSA) is 26.3 Å². The van der Waals surface area contributed by atoms with Crippen molar-refractivity contribution in [3.63, 3.8) is 0 Å². The molecule has 0 amide bonds. The van der Waals surface area contributed by atoms with Gasteiger partial charge in [0, 0.05) is 18.4 Å². The van der Waals surface area contributed by atoms with E-state index in [4.69, 9.17) is 4.74 Å². The van der Waals surface area contributed by atoms with Crippen molar-refractivity contribution in [3.8, 4) is 0 Å². The van der Waals surface area contributed by atoms with Gasteiger partial charge in [-0.1, -0.05) is 30.3 Å². The van der Waals surface area contributed by atoms with Crippen LogP contribution in [0.1, 0.15) is 25.3 Å². The minimum absolute atomic E-state index is 0. The normalized spacial score (nSPS) is 25.6. The Morgan fingerprint density at radius 3 is 2.40 bits per heavy atom. The Labute approximate surface area is 127 Å². The van der Waals surface area contributed by atoms with Crippen LogP contribution in [0.5, 0.6) is 0 Å². The van der Waals surface area contributed by atoms with E-state index >= 15 is 0 Å². The molecule has 1 heterocycles. The van der Waals surface area contributed by atoms with Crippen LogP contribution in [-0.4, -0.2) is 37.2 Å². The van der Waals surface area contributed by atoms with E-state index in [1.165, 1.54) is 5.56 Å². The van der Waals surface area contributed by atoms with Gasteiger partial charge in [-0.15, -0.1) is 0 Å². The lowest BCUT2D eigenvalue weighted by atomic mass is 9.95. The molecule has 1 aliphatic rings. The molecule has 1 fully saturated rings. The zero-order valence-corrected chi connectivity index (χ0v) is 13.1. The van der Waals surface area contributed by atoms with E-state index in [2.05, 4.69) is 37.4 Å². The van der Waals surface area contributed by atoms with Gasteiger partial charge in [-0.05, 0) is 6.92 Å². The lowest BCUT2D eigenvalue weighted by Crippen LogP contribution is -3.00. The second kappa shape index (κ2) is 7.65. The zero-order chi connectivity index (χ0) is 13.7. The SMILES string of the molecule is CCOC(=O)C1CC[N+](C)(Cc2ccccc2)CC1.[Cl-]. The molecule has 4 heteroatoms. The first-order valence-electron chi connectivity index (χ1n) is 7.17. The Balaban J connectivity index is 0.00000200. The number of likely N-dealkylation sites (tertiary alicyclic amines) is 1. The minimum atomic E-state index is -0.00605. The highest BCUT2D eigenvalue weighted by molar-refractivity contribution is 5.72. The van der Waals surface area contributed by atoms with Gasteiger partial charge in [-0.25, -0.2) is 0 Å². The van der Waals surface area contributed by atoms with Gasteiger partial charge in [0.1, 0.15) is 6.54 Å². The Hall–Kier alpha value is -1.06. The Kier molecular flexibility index (Phi) is 6.50. The molecule has 0 saturated carbocycles.